The Bertz CT molecular complexity index is 484. The number of nitrogens with one attached hydrogen (secondary N) is 1. The van der Waals surface area contributed by atoms with Gasteiger partial charge in [0.2, 0.25) is 0 Å². The zero-order valence-corrected chi connectivity index (χ0v) is 10.8. The van der Waals surface area contributed by atoms with Crippen LogP contribution in [0.25, 0.3) is 0 Å². The molecule has 4 nitrogen and oxygen atoms in total. The second-order valence-electron chi connectivity index (χ2n) is 4.67. The highest BCUT2D eigenvalue weighted by atomic mass is 19.4. The van der Waals surface area contributed by atoms with E-state index < -0.39 is 6.36 Å². The van der Waals surface area contributed by atoms with E-state index in [1.54, 1.807) is 6.07 Å². The van der Waals surface area contributed by atoms with E-state index in [-0.39, 0.29) is 17.4 Å². The number of aliphatic imine (C=N–C) groups is 1. The number of benzene rings is 1. The first kappa shape index (κ1) is 14.5. The maximum atomic E-state index is 12.2. The van der Waals surface area contributed by atoms with Gasteiger partial charge in [0.1, 0.15) is 0 Å². The van der Waals surface area contributed by atoms with Crippen LogP contribution in [0.4, 0.5) is 18.9 Å². The summed E-state index contributed by atoms with van der Waals surface area (Å²) >= 11 is 0. The number of rotatable bonds is 5. The molecule has 0 aliphatic heterocycles. The zero-order chi connectivity index (χ0) is 14.6. The molecule has 7 heteroatoms. The van der Waals surface area contributed by atoms with Crippen LogP contribution in [-0.4, -0.2) is 18.9 Å². The van der Waals surface area contributed by atoms with Gasteiger partial charge in [0.15, 0.2) is 11.7 Å². The highest BCUT2D eigenvalue weighted by molar-refractivity contribution is 5.93. The minimum Gasteiger partial charge on any atom is -0.404 e. The molecule has 1 fully saturated rings. The molecule has 1 aromatic rings. The third kappa shape index (κ3) is 4.99. The van der Waals surface area contributed by atoms with Gasteiger partial charge in [-0.25, -0.2) is 0 Å². The van der Waals surface area contributed by atoms with Gasteiger partial charge < -0.3 is 15.8 Å². The molecule has 0 radical (unpaired) electrons. The lowest BCUT2D eigenvalue weighted by molar-refractivity contribution is -0.274. The van der Waals surface area contributed by atoms with E-state index in [1.807, 2.05) is 0 Å². The largest absolute Gasteiger partial charge is 0.573 e. The summed E-state index contributed by atoms with van der Waals surface area (Å²) < 4.78 is 40.7. The van der Waals surface area contributed by atoms with Crippen LogP contribution >= 0.6 is 0 Å². The van der Waals surface area contributed by atoms with Gasteiger partial charge in [-0.3, -0.25) is 4.99 Å². The lowest BCUT2D eigenvalue weighted by Gasteiger charge is -2.14. The summed E-state index contributed by atoms with van der Waals surface area (Å²) in [7, 11) is 0. The summed E-state index contributed by atoms with van der Waals surface area (Å²) in [6.45, 7) is 0.575. The molecule has 0 aromatic heterocycles. The topological polar surface area (TPSA) is 59.6 Å². The third-order valence-corrected chi connectivity index (χ3v) is 2.89. The lowest BCUT2D eigenvalue weighted by Crippen LogP contribution is -2.24. The maximum Gasteiger partial charge on any atom is 0.573 e. The minimum absolute atomic E-state index is 0.0869. The number of halogens is 3. The average molecular weight is 287 g/mol. The van der Waals surface area contributed by atoms with Gasteiger partial charge in [-0.15, -0.1) is 13.2 Å². The number of hydrogen-bond acceptors (Lipinski definition) is 2. The quantitative estimate of drug-likeness (QED) is 0.646. The van der Waals surface area contributed by atoms with Crippen LogP contribution < -0.4 is 15.8 Å². The van der Waals surface area contributed by atoms with Crippen molar-refractivity contribution in [2.24, 2.45) is 16.6 Å². The van der Waals surface area contributed by atoms with Gasteiger partial charge in [0, 0.05) is 6.54 Å². The number of anilines is 1. The van der Waals surface area contributed by atoms with Gasteiger partial charge in [-0.2, -0.15) is 0 Å². The molecule has 2 rings (SSSR count). The molecule has 0 unspecified atom stereocenters. The summed E-state index contributed by atoms with van der Waals surface area (Å²) in [6.07, 6.45) is -1.32. The minimum atomic E-state index is -4.74. The highest BCUT2D eigenvalue weighted by Gasteiger charge is 2.32. The Morgan fingerprint density at radius 1 is 1.35 bits per heavy atom. The van der Waals surface area contributed by atoms with E-state index >= 15 is 0 Å². The molecule has 1 aliphatic rings. The smallest absolute Gasteiger partial charge is 0.404 e. The van der Waals surface area contributed by atoms with Gasteiger partial charge in [-0.05, 0) is 24.5 Å². The first-order valence-corrected chi connectivity index (χ1v) is 6.36. The summed E-state index contributed by atoms with van der Waals surface area (Å²) in [6, 6.07) is 5.70. The standard InChI is InChI=1S/C13H16F3N3O/c14-13(15,16)20-11-4-2-1-3-10(11)19-12(17)18-8-7-9-5-6-9/h1-4,9H,5-8H2,(H3,17,18,19). The van der Waals surface area contributed by atoms with E-state index in [2.05, 4.69) is 15.0 Å². The molecule has 3 N–H and O–H groups in total. The lowest BCUT2D eigenvalue weighted by atomic mass is 10.3. The normalized spacial score (nSPS) is 16.1. The molecule has 1 saturated carbocycles. The van der Waals surface area contributed by atoms with Crippen LogP contribution in [0.1, 0.15) is 19.3 Å². The van der Waals surface area contributed by atoms with E-state index in [9.17, 15) is 13.2 Å². The van der Waals surface area contributed by atoms with Crippen molar-refractivity contribution in [3.8, 4) is 5.75 Å². The molecule has 0 heterocycles. The average Bonchev–Trinajstić information content (AvgIpc) is 3.14. The molecular weight excluding hydrogens is 271 g/mol. The summed E-state index contributed by atoms with van der Waals surface area (Å²) in [4.78, 5) is 4.08. The molecule has 0 amide bonds. The molecule has 0 spiro atoms. The van der Waals surface area contributed by atoms with Crippen LogP contribution in [-0.2, 0) is 0 Å². The Morgan fingerprint density at radius 2 is 2.05 bits per heavy atom. The van der Waals surface area contributed by atoms with Crippen molar-refractivity contribution in [2.75, 3.05) is 11.9 Å². The fraction of sp³-hybridized carbons (Fsp3) is 0.462. The SMILES string of the molecule is NC(=NCCC1CC1)Nc1ccccc1OC(F)(F)F. The summed E-state index contributed by atoms with van der Waals surface area (Å²) in [5.41, 5.74) is 5.78. The number of hydrogen-bond donors (Lipinski definition) is 2. The first-order chi connectivity index (χ1) is 9.44. The van der Waals surface area contributed by atoms with Crippen LogP contribution in [0.2, 0.25) is 0 Å². The highest BCUT2D eigenvalue weighted by Crippen LogP contribution is 2.32. The second-order valence-corrected chi connectivity index (χ2v) is 4.67. The first-order valence-electron chi connectivity index (χ1n) is 6.36. The summed E-state index contributed by atoms with van der Waals surface area (Å²) in [5, 5.41) is 2.63. The molecular formula is C13H16F3N3O. The fourth-order valence-electron chi connectivity index (χ4n) is 1.74. The molecule has 1 aromatic carbocycles. The van der Waals surface area contributed by atoms with E-state index in [4.69, 9.17) is 5.73 Å². The van der Waals surface area contributed by atoms with E-state index in [1.165, 1.54) is 31.0 Å². The van der Waals surface area contributed by atoms with Gasteiger partial charge in [-0.1, -0.05) is 25.0 Å². The number of alkyl halides is 3. The van der Waals surface area contributed by atoms with E-state index in [0.29, 0.717) is 6.54 Å². The van der Waals surface area contributed by atoms with Crippen LogP contribution in [0, 0.1) is 5.92 Å². The third-order valence-electron chi connectivity index (χ3n) is 2.89. The second kappa shape index (κ2) is 6.02. The van der Waals surface area contributed by atoms with E-state index in [0.717, 1.165) is 12.3 Å². The fourth-order valence-corrected chi connectivity index (χ4v) is 1.74. The van der Waals surface area contributed by atoms with Gasteiger partial charge in [0.25, 0.3) is 0 Å². The molecule has 110 valence electrons. The number of guanidine groups is 1. The molecule has 0 atom stereocenters. The Balaban J connectivity index is 1.96. The molecule has 20 heavy (non-hydrogen) atoms. The van der Waals surface area contributed by atoms with Crippen molar-refractivity contribution in [1.82, 2.24) is 0 Å². The number of nitrogens with two attached hydrogens (primary N) is 1. The van der Waals surface area contributed by atoms with Crippen molar-refractivity contribution in [2.45, 2.75) is 25.6 Å². The Kier molecular flexibility index (Phi) is 4.36. The molecule has 1 aliphatic carbocycles. The van der Waals surface area contributed by atoms with Crippen molar-refractivity contribution in [3.63, 3.8) is 0 Å². The monoisotopic (exact) mass is 287 g/mol. The zero-order valence-electron chi connectivity index (χ0n) is 10.8. The van der Waals surface area contributed by atoms with Crippen molar-refractivity contribution in [1.29, 1.82) is 0 Å². The van der Waals surface area contributed by atoms with Gasteiger partial charge in [0.05, 0.1) is 5.69 Å². The van der Waals surface area contributed by atoms with Crippen LogP contribution in [0.5, 0.6) is 5.75 Å². The number of para-hydroxylation sites is 2. The molecule has 0 bridgehead atoms. The van der Waals surface area contributed by atoms with Crippen LogP contribution in [0.15, 0.2) is 29.3 Å². The van der Waals surface area contributed by atoms with Crippen molar-refractivity contribution in [3.05, 3.63) is 24.3 Å². The predicted molar refractivity (Wildman–Crippen MR) is 70.6 cm³/mol. The summed E-state index contributed by atoms with van der Waals surface area (Å²) in [5.74, 6) is 0.483. The number of nitrogens with zero attached hydrogens (tertiary/aromatic N) is 1. The van der Waals surface area contributed by atoms with Gasteiger partial charge >= 0.3 is 6.36 Å². The Labute approximate surface area is 114 Å². The Hall–Kier alpha value is -1.92. The maximum absolute atomic E-state index is 12.2. The Morgan fingerprint density at radius 3 is 2.70 bits per heavy atom. The van der Waals surface area contributed by atoms with Crippen molar-refractivity contribution >= 4 is 11.6 Å². The predicted octanol–water partition coefficient (Wildman–Crippen LogP) is 3.11. The molecule has 0 saturated heterocycles. The van der Waals surface area contributed by atoms with Crippen molar-refractivity contribution < 1.29 is 17.9 Å². The number of ether oxygens (including phenoxy) is 1. The van der Waals surface area contributed by atoms with Crippen LogP contribution in [0.3, 0.4) is 0 Å².